The molecule has 0 amide bonds. The molecule has 0 fully saturated rings. The molecule has 1 N–H and O–H groups in total. The first kappa shape index (κ1) is 12.0. The van der Waals surface area contributed by atoms with Crippen molar-refractivity contribution in [3.05, 3.63) is 29.3 Å². The Kier molecular flexibility index (Phi) is 6.03. The maximum atomic E-state index is 9.42. The van der Waals surface area contributed by atoms with E-state index in [0.717, 1.165) is 24.0 Å². The normalized spacial score (nSPS) is 8.92. The summed E-state index contributed by atoms with van der Waals surface area (Å²) in [4.78, 5) is 0. The molecule has 0 atom stereocenters. The smallest absolute Gasteiger partial charge is 0.119 e. The van der Waals surface area contributed by atoms with E-state index in [1.54, 1.807) is 0 Å². The van der Waals surface area contributed by atoms with E-state index in [1.807, 2.05) is 39.0 Å². The van der Waals surface area contributed by atoms with E-state index in [1.165, 1.54) is 0 Å². The molecule has 74 valence electrons. The van der Waals surface area contributed by atoms with E-state index >= 15 is 0 Å². The fourth-order valence-electron chi connectivity index (χ4n) is 1.15. The van der Waals surface area contributed by atoms with Gasteiger partial charge in [0.05, 0.1) is 0 Å². The molecule has 0 aliphatic heterocycles. The maximum Gasteiger partial charge on any atom is 0.119 e. The molecule has 0 saturated heterocycles. The highest BCUT2D eigenvalue weighted by Crippen LogP contribution is 2.19. The van der Waals surface area contributed by atoms with Crippen molar-refractivity contribution in [2.45, 2.75) is 40.5 Å². The molecule has 0 radical (unpaired) electrons. The molecule has 13 heavy (non-hydrogen) atoms. The first-order valence-corrected chi connectivity index (χ1v) is 5.02. The lowest BCUT2D eigenvalue weighted by molar-refractivity contribution is 0.467. The van der Waals surface area contributed by atoms with Crippen molar-refractivity contribution in [2.75, 3.05) is 0 Å². The number of benzene rings is 1. The number of rotatable bonds is 2. The van der Waals surface area contributed by atoms with Crippen LogP contribution in [0.2, 0.25) is 0 Å². The number of phenols is 1. The highest BCUT2D eigenvalue weighted by molar-refractivity contribution is 5.35. The van der Waals surface area contributed by atoms with E-state index in [0.29, 0.717) is 5.75 Å². The summed E-state index contributed by atoms with van der Waals surface area (Å²) in [6, 6.07) is 5.84. The molecule has 1 aromatic rings. The van der Waals surface area contributed by atoms with Crippen molar-refractivity contribution in [1.29, 1.82) is 0 Å². The quantitative estimate of drug-likeness (QED) is 0.736. The van der Waals surface area contributed by atoms with Crippen LogP contribution in [0, 0.1) is 6.92 Å². The van der Waals surface area contributed by atoms with E-state index < -0.39 is 0 Å². The molecule has 0 aromatic heterocycles. The Morgan fingerprint density at radius 1 is 1.23 bits per heavy atom. The molecule has 1 nitrogen and oxygen atoms in total. The number of hydrogen-bond acceptors (Lipinski definition) is 1. The molecule has 0 aliphatic rings. The van der Waals surface area contributed by atoms with Gasteiger partial charge in [0.2, 0.25) is 0 Å². The van der Waals surface area contributed by atoms with Gasteiger partial charge in [-0.3, -0.25) is 0 Å². The minimum Gasteiger partial charge on any atom is -0.508 e. The van der Waals surface area contributed by atoms with Gasteiger partial charge in [0.15, 0.2) is 0 Å². The van der Waals surface area contributed by atoms with Crippen molar-refractivity contribution >= 4 is 0 Å². The van der Waals surface area contributed by atoms with Crippen LogP contribution in [0.1, 0.15) is 38.3 Å². The Balaban J connectivity index is 0.000000671. The zero-order chi connectivity index (χ0) is 10.3. The van der Waals surface area contributed by atoms with Crippen LogP contribution in [-0.4, -0.2) is 5.11 Å². The zero-order valence-corrected chi connectivity index (χ0v) is 9.09. The maximum absolute atomic E-state index is 9.42. The van der Waals surface area contributed by atoms with Crippen LogP contribution in [-0.2, 0) is 6.42 Å². The van der Waals surface area contributed by atoms with Gasteiger partial charge in [0, 0.05) is 0 Å². The predicted octanol–water partition coefficient (Wildman–Crippen LogP) is 3.68. The minimum atomic E-state index is 0.437. The van der Waals surface area contributed by atoms with E-state index in [-0.39, 0.29) is 0 Å². The first-order chi connectivity index (χ1) is 6.24. The summed E-state index contributed by atoms with van der Waals surface area (Å²) in [5.74, 6) is 0.437. The average molecular weight is 180 g/mol. The van der Waals surface area contributed by atoms with Crippen LogP contribution in [0.15, 0.2) is 18.2 Å². The van der Waals surface area contributed by atoms with Crippen LogP contribution < -0.4 is 0 Å². The Morgan fingerprint density at radius 2 is 1.85 bits per heavy atom. The van der Waals surface area contributed by atoms with Gasteiger partial charge in [-0.1, -0.05) is 39.3 Å². The number of aromatic hydroxyl groups is 1. The molecule has 1 aromatic carbocycles. The van der Waals surface area contributed by atoms with Crippen molar-refractivity contribution < 1.29 is 5.11 Å². The molecular formula is C12H20O. The SMILES string of the molecule is CC.CCCc1ccc(C)cc1O. The molecule has 0 saturated carbocycles. The topological polar surface area (TPSA) is 20.2 Å². The number of aryl methyl sites for hydroxylation is 2. The predicted molar refractivity (Wildman–Crippen MR) is 58.2 cm³/mol. The molecule has 1 rings (SSSR count). The lowest BCUT2D eigenvalue weighted by Gasteiger charge is -2.02. The van der Waals surface area contributed by atoms with Crippen LogP contribution in [0.3, 0.4) is 0 Å². The average Bonchev–Trinajstić information content (AvgIpc) is 2.14. The molecular weight excluding hydrogens is 160 g/mol. The summed E-state index contributed by atoms with van der Waals surface area (Å²) in [6.07, 6.45) is 2.04. The van der Waals surface area contributed by atoms with Crippen molar-refractivity contribution in [3.63, 3.8) is 0 Å². The van der Waals surface area contributed by atoms with Gasteiger partial charge in [-0.2, -0.15) is 0 Å². The zero-order valence-electron chi connectivity index (χ0n) is 9.09. The second-order valence-corrected chi connectivity index (χ2v) is 2.88. The van der Waals surface area contributed by atoms with E-state index in [4.69, 9.17) is 0 Å². The first-order valence-electron chi connectivity index (χ1n) is 5.02. The summed E-state index contributed by atoms with van der Waals surface area (Å²) >= 11 is 0. The van der Waals surface area contributed by atoms with Crippen LogP contribution >= 0.6 is 0 Å². The highest BCUT2D eigenvalue weighted by Gasteiger charge is 1.98. The Morgan fingerprint density at radius 3 is 2.31 bits per heavy atom. The van der Waals surface area contributed by atoms with Crippen molar-refractivity contribution in [1.82, 2.24) is 0 Å². The third kappa shape index (κ3) is 3.97. The largest absolute Gasteiger partial charge is 0.508 e. The third-order valence-electron chi connectivity index (χ3n) is 1.76. The van der Waals surface area contributed by atoms with Crippen molar-refractivity contribution in [2.24, 2.45) is 0 Å². The van der Waals surface area contributed by atoms with Crippen LogP contribution in [0.5, 0.6) is 5.75 Å². The molecule has 0 aliphatic carbocycles. The summed E-state index contributed by atoms with van der Waals surface area (Å²) in [5, 5.41) is 9.42. The number of hydrogen-bond donors (Lipinski definition) is 1. The van der Waals surface area contributed by atoms with E-state index in [2.05, 4.69) is 6.92 Å². The second kappa shape index (κ2) is 6.53. The van der Waals surface area contributed by atoms with Crippen LogP contribution in [0.25, 0.3) is 0 Å². The summed E-state index contributed by atoms with van der Waals surface area (Å²) in [5.41, 5.74) is 2.17. The van der Waals surface area contributed by atoms with Gasteiger partial charge in [-0.15, -0.1) is 0 Å². The van der Waals surface area contributed by atoms with Gasteiger partial charge in [-0.05, 0) is 30.5 Å². The van der Waals surface area contributed by atoms with Crippen LogP contribution in [0.4, 0.5) is 0 Å². The lowest BCUT2D eigenvalue weighted by Crippen LogP contribution is -1.84. The lowest BCUT2D eigenvalue weighted by atomic mass is 10.1. The van der Waals surface area contributed by atoms with Gasteiger partial charge in [0.1, 0.15) is 5.75 Å². The highest BCUT2D eigenvalue weighted by atomic mass is 16.3. The van der Waals surface area contributed by atoms with Gasteiger partial charge in [0.25, 0.3) is 0 Å². The van der Waals surface area contributed by atoms with Gasteiger partial charge < -0.3 is 5.11 Å². The Labute approximate surface area is 81.4 Å². The van der Waals surface area contributed by atoms with Gasteiger partial charge in [-0.25, -0.2) is 0 Å². The summed E-state index contributed by atoms with van der Waals surface area (Å²) in [7, 11) is 0. The standard InChI is InChI=1S/C10H14O.C2H6/c1-3-4-9-6-5-8(2)7-10(9)11;1-2/h5-7,11H,3-4H2,1-2H3;1-2H3. The summed E-state index contributed by atoms with van der Waals surface area (Å²) < 4.78 is 0. The minimum absolute atomic E-state index is 0.437. The molecule has 0 heterocycles. The summed E-state index contributed by atoms with van der Waals surface area (Å²) in [6.45, 7) is 8.09. The third-order valence-corrected chi connectivity index (χ3v) is 1.76. The second-order valence-electron chi connectivity index (χ2n) is 2.88. The monoisotopic (exact) mass is 180 g/mol. The fraction of sp³-hybridized carbons (Fsp3) is 0.500. The molecule has 0 unspecified atom stereocenters. The van der Waals surface area contributed by atoms with E-state index in [9.17, 15) is 5.11 Å². The fourth-order valence-corrected chi connectivity index (χ4v) is 1.15. The Bertz CT molecular complexity index is 241. The number of phenolic OH excluding ortho intramolecular Hbond substituents is 1. The Hall–Kier alpha value is -0.980. The molecule has 1 heteroatoms. The molecule has 0 spiro atoms. The van der Waals surface area contributed by atoms with Crippen molar-refractivity contribution in [3.8, 4) is 5.75 Å². The van der Waals surface area contributed by atoms with Gasteiger partial charge >= 0.3 is 0 Å². The molecule has 0 bridgehead atoms.